The Kier molecular flexibility index (Phi) is 6.86. The summed E-state index contributed by atoms with van der Waals surface area (Å²) in [5, 5.41) is 0. The molecule has 0 aromatic heterocycles. The lowest BCUT2D eigenvalue weighted by Crippen LogP contribution is -2.31. The summed E-state index contributed by atoms with van der Waals surface area (Å²) >= 11 is 0. The van der Waals surface area contributed by atoms with Crippen molar-refractivity contribution in [2.45, 2.75) is 50.0 Å². The Bertz CT molecular complexity index is 1110. The highest BCUT2D eigenvalue weighted by molar-refractivity contribution is 7.89. The molecule has 8 heteroatoms. The lowest BCUT2D eigenvalue weighted by molar-refractivity contribution is -0.140. The van der Waals surface area contributed by atoms with E-state index in [9.17, 15) is 18.0 Å². The minimum absolute atomic E-state index is 0.000673. The van der Waals surface area contributed by atoms with E-state index in [2.05, 4.69) is 4.72 Å². The average molecular weight is 471 g/mol. The second kappa shape index (κ2) is 9.65. The molecule has 1 heterocycles. The highest BCUT2D eigenvalue weighted by atomic mass is 32.2. The van der Waals surface area contributed by atoms with Gasteiger partial charge in [0.2, 0.25) is 21.8 Å². The van der Waals surface area contributed by atoms with Crippen molar-refractivity contribution in [3.8, 4) is 5.75 Å². The Balaban J connectivity index is 1.53. The molecule has 2 aromatic rings. The Labute approximate surface area is 195 Å². The molecule has 33 heavy (non-hydrogen) atoms. The first kappa shape index (κ1) is 23.4. The number of rotatable bonds is 8. The standard InChI is InChI=1S/C25H30N2O5S/c1-17(19-8-4-3-5-9-19)15-26-33(30,31)23-14-18(12-13-22(23)32-2)16-27-24(28)20-10-6-7-11-21(20)25(27)29/h3-5,8-9,12-14,17,20-21,26H,6-7,10-11,15-16H2,1-2H3/t17-,20+,21+/m0/s1. The largest absolute Gasteiger partial charge is 0.495 e. The zero-order chi connectivity index (χ0) is 23.6. The lowest BCUT2D eigenvalue weighted by Gasteiger charge is -2.19. The zero-order valence-corrected chi connectivity index (χ0v) is 19.8. The number of benzene rings is 2. The number of imide groups is 1. The molecule has 7 nitrogen and oxygen atoms in total. The van der Waals surface area contributed by atoms with Crippen LogP contribution in [0.4, 0.5) is 0 Å². The molecule has 3 atom stereocenters. The first-order valence-electron chi connectivity index (χ1n) is 11.4. The fourth-order valence-electron chi connectivity index (χ4n) is 4.81. The normalized spacial score (nSPS) is 21.7. The van der Waals surface area contributed by atoms with E-state index in [1.54, 1.807) is 12.1 Å². The van der Waals surface area contributed by atoms with E-state index in [-0.39, 0.29) is 53.3 Å². The molecule has 0 unspecified atom stereocenters. The van der Waals surface area contributed by atoms with Gasteiger partial charge in [-0.25, -0.2) is 13.1 Å². The maximum atomic E-state index is 13.1. The predicted octanol–water partition coefficient (Wildman–Crippen LogP) is 3.45. The number of nitrogens with zero attached hydrogens (tertiary/aromatic N) is 1. The van der Waals surface area contributed by atoms with Gasteiger partial charge in [0.15, 0.2) is 0 Å². The van der Waals surface area contributed by atoms with Gasteiger partial charge in [0.25, 0.3) is 0 Å². The van der Waals surface area contributed by atoms with Crippen LogP contribution in [0.5, 0.6) is 5.75 Å². The summed E-state index contributed by atoms with van der Waals surface area (Å²) < 4.78 is 34.2. The number of sulfonamides is 1. The van der Waals surface area contributed by atoms with Crippen molar-refractivity contribution in [2.24, 2.45) is 11.8 Å². The van der Waals surface area contributed by atoms with E-state index in [1.807, 2.05) is 37.3 Å². The summed E-state index contributed by atoms with van der Waals surface area (Å²) in [6.45, 7) is 2.25. The Hall–Kier alpha value is -2.71. The number of carbonyl (C=O) groups is 2. The number of hydrogen-bond acceptors (Lipinski definition) is 5. The van der Waals surface area contributed by atoms with E-state index in [4.69, 9.17) is 4.74 Å². The highest BCUT2D eigenvalue weighted by Gasteiger charge is 2.47. The van der Waals surface area contributed by atoms with Gasteiger partial charge in [-0.2, -0.15) is 0 Å². The molecule has 0 spiro atoms. The van der Waals surface area contributed by atoms with Gasteiger partial charge in [-0.15, -0.1) is 0 Å². The van der Waals surface area contributed by atoms with E-state index in [0.717, 1.165) is 31.2 Å². The topological polar surface area (TPSA) is 92.8 Å². The second-order valence-corrected chi connectivity index (χ2v) is 10.6. The Morgan fingerprint density at radius 3 is 2.27 bits per heavy atom. The molecule has 176 valence electrons. The fourth-order valence-corrected chi connectivity index (χ4v) is 6.16. The second-order valence-electron chi connectivity index (χ2n) is 8.91. The molecule has 1 saturated carbocycles. The maximum Gasteiger partial charge on any atom is 0.244 e. The van der Waals surface area contributed by atoms with Crippen LogP contribution in [0.15, 0.2) is 53.4 Å². The monoisotopic (exact) mass is 470 g/mol. The smallest absolute Gasteiger partial charge is 0.244 e. The summed E-state index contributed by atoms with van der Waals surface area (Å²) in [6, 6.07) is 14.4. The van der Waals surface area contributed by atoms with Crippen molar-refractivity contribution in [3.63, 3.8) is 0 Å². The van der Waals surface area contributed by atoms with E-state index in [0.29, 0.717) is 5.56 Å². The van der Waals surface area contributed by atoms with Gasteiger partial charge < -0.3 is 4.74 Å². The van der Waals surface area contributed by atoms with Gasteiger partial charge >= 0.3 is 0 Å². The molecular weight excluding hydrogens is 440 g/mol. The fraction of sp³-hybridized carbons (Fsp3) is 0.440. The quantitative estimate of drug-likeness (QED) is 0.597. The van der Waals surface area contributed by atoms with E-state index in [1.165, 1.54) is 18.1 Å². The number of ether oxygens (including phenoxy) is 1. The Morgan fingerprint density at radius 2 is 1.67 bits per heavy atom. The van der Waals surface area contributed by atoms with Crippen LogP contribution in [0, 0.1) is 11.8 Å². The van der Waals surface area contributed by atoms with Gasteiger partial charge in [0.1, 0.15) is 10.6 Å². The number of hydrogen-bond donors (Lipinski definition) is 1. The summed E-state index contributed by atoms with van der Waals surface area (Å²) in [5.41, 5.74) is 1.61. The lowest BCUT2D eigenvalue weighted by atomic mass is 9.81. The highest BCUT2D eigenvalue weighted by Crippen LogP contribution is 2.39. The molecule has 1 aliphatic heterocycles. The van der Waals surface area contributed by atoms with Gasteiger partial charge in [-0.3, -0.25) is 14.5 Å². The van der Waals surface area contributed by atoms with Crippen LogP contribution in [0.2, 0.25) is 0 Å². The molecular formula is C25H30N2O5S. The van der Waals surface area contributed by atoms with Crippen molar-refractivity contribution in [3.05, 3.63) is 59.7 Å². The third-order valence-electron chi connectivity index (χ3n) is 6.74. The van der Waals surface area contributed by atoms with E-state index >= 15 is 0 Å². The minimum atomic E-state index is -3.87. The van der Waals surface area contributed by atoms with Gasteiger partial charge in [0, 0.05) is 6.54 Å². The minimum Gasteiger partial charge on any atom is -0.495 e. The zero-order valence-electron chi connectivity index (χ0n) is 19.0. The molecule has 1 saturated heterocycles. The number of fused-ring (bicyclic) bond motifs is 1. The van der Waals surface area contributed by atoms with Crippen molar-refractivity contribution >= 4 is 21.8 Å². The van der Waals surface area contributed by atoms with Gasteiger partial charge in [-0.1, -0.05) is 56.2 Å². The molecule has 2 aromatic carbocycles. The van der Waals surface area contributed by atoms with Crippen LogP contribution in [0.25, 0.3) is 0 Å². The van der Waals surface area contributed by atoms with Crippen LogP contribution < -0.4 is 9.46 Å². The predicted molar refractivity (Wildman–Crippen MR) is 124 cm³/mol. The van der Waals surface area contributed by atoms with Gasteiger partial charge in [0.05, 0.1) is 25.5 Å². The summed E-state index contributed by atoms with van der Waals surface area (Å²) in [7, 11) is -2.46. The van der Waals surface area contributed by atoms with Crippen LogP contribution >= 0.6 is 0 Å². The molecule has 1 N–H and O–H groups in total. The first-order chi connectivity index (χ1) is 15.8. The molecule has 1 aliphatic carbocycles. The number of amides is 2. The Morgan fingerprint density at radius 1 is 1.03 bits per heavy atom. The van der Waals surface area contributed by atoms with Crippen LogP contribution in [0.1, 0.15) is 49.7 Å². The van der Waals surface area contributed by atoms with Crippen LogP contribution in [0.3, 0.4) is 0 Å². The van der Waals surface area contributed by atoms with Crippen molar-refractivity contribution in [1.82, 2.24) is 9.62 Å². The SMILES string of the molecule is COc1ccc(CN2C(=O)[C@@H]3CCCC[C@H]3C2=O)cc1S(=O)(=O)NC[C@H](C)c1ccccc1. The molecule has 4 rings (SSSR count). The van der Waals surface area contributed by atoms with Gasteiger partial charge in [-0.05, 0) is 42.0 Å². The third kappa shape index (κ3) is 4.82. The number of methoxy groups -OCH3 is 1. The molecule has 0 radical (unpaired) electrons. The third-order valence-corrected chi connectivity index (χ3v) is 8.18. The summed E-state index contributed by atoms with van der Waals surface area (Å²) in [6.07, 6.45) is 3.42. The maximum absolute atomic E-state index is 13.1. The van der Waals surface area contributed by atoms with Crippen molar-refractivity contribution < 1.29 is 22.7 Å². The van der Waals surface area contributed by atoms with Crippen LogP contribution in [-0.4, -0.2) is 38.8 Å². The first-order valence-corrected chi connectivity index (χ1v) is 12.9. The van der Waals surface area contributed by atoms with Crippen LogP contribution in [-0.2, 0) is 26.2 Å². The number of carbonyl (C=O) groups excluding carboxylic acids is 2. The molecule has 2 amide bonds. The summed E-state index contributed by atoms with van der Waals surface area (Å²) in [5.74, 6) is -0.535. The van der Waals surface area contributed by atoms with Crippen molar-refractivity contribution in [1.29, 1.82) is 0 Å². The average Bonchev–Trinajstić information content (AvgIpc) is 3.08. The molecule has 2 fully saturated rings. The molecule has 0 bridgehead atoms. The van der Waals surface area contributed by atoms with Crippen molar-refractivity contribution in [2.75, 3.05) is 13.7 Å². The molecule has 2 aliphatic rings. The number of nitrogens with one attached hydrogen (secondary N) is 1. The number of likely N-dealkylation sites (tertiary alicyclic amines) is 1. The van der Waals surface area contributed by atoms with E-state index < -0.39 is 10.0 Å². The summed E-state index contributed by atoms with van der Waals surface area (Å²) in [4.78, 5) is 26.9.